The van der Waals surface area contributed by atoms with Crippen molar-refractivity contribution in [1.82, 2.24) is 20.1 Å². The van der Waals surface area contributed by atoms with E-state index in [-0.39, 0.29) is 24.0 Å². The highest BCUT2D eigenvalue weighted by Crippen LogP contribution is 2.19. The lowest BCUT2D eigenvalue weighted by molar-refractivity contribution is 0.176. The maximum absolute atomic E-state index is 4.71. The van der Waals surface area contributed by atoms with E-state index in [1.807, 2.05) is 7.05 Å². The van der Waals surface area contributed by atoms with Gasteiger partial charge in [0.1, 0.15) is 0 Å². The summed E-state index contributed by atoms with van der Waals surface area (Å²) in [5.74, 6) is 1.68. The predicted molar refractivity (Wildman–Crippen MR) is 134 cm³/mol. The molecule has 1 aromatic heterocycles. The second-order valence-electron chi connectivity index (χ2n) is 7.58. The van der Waals surface area contributed by atoms with Crippen LogP contribution in [-0.2, 0) is 19.5 Å². The molecule has 0 aliphatic carbocycles. The molecule has 2 heterocycles. The molecule has 0 amide bonds. The van der Waals surface area contributed by atoms with Gasteiger partial charge < -0.3 is 10.2 Å². The zero-order valence-corrected chi connectivity index (χ0v) is 21.0. The topological polar surface area (TPSA) is 43.8 Å². The van der Waals surface area contributed by atoms with Crippen molar-refractivity contribution in [2.24, 2.45) is 10.9 Å². The van der Waals surface area contributed by atoms with Crippen molar-refractivity contribution in [3.63, 3.8) is 0 Å². The van der Waals surface area contributed by atoms with Gasteiger partial charge in [0.25, 0.3) is 0 Å². The van der Waals surface area contributed by atoms with Crippen molar-refractivity contribution >= 4 is 41.3 Å². The van der Waals surface area contributed by atoms with E-state index in [4.69, 9.17) is 4.98 Å². The standard InChI is InChI=1S/C22H33N5S.HI/c1-4-21-25-20(17-28-21)16-27-12-10-18(11-13-27)14-24-22(23-2)26(3)15-19-8-6-5-7-9-19;/h5-9,17-18H,4,10-16H2,1-3H3,(H,23,24);1H. The highest BCUT2D eigenvalue weighted by Gasteiger charge is 2.20. The fourth-order valence-corrected chi connectivity index (χ4v) is 4.45. The van der Waals surface area contributed by atoms with Crippen molar-refractivity contribution in [2.75, 3.05) is 33.7 Å². The molecule has 0 radical (unpaired) electrons. The van der Waals surface area contributed by atoms with Gasteiger partial charge in [0.05, 0.1) is 10.7 Å². The number of hydrogen-bond donors (Lipinski definition) is 1. The Labute approximate surface area is 196 Å². The third-order valence-corrected chi connectivity index (χ3v) is 6.42. The first kappa shape index (κ1) is 24.1. The number of nitrogens with zero attached hydrogens (tertiary/aromatic N) is 4. The second kappa shape index (κ2) is 12.5. The summed E-state index contributed by atoms with van der Waals surface area (Å²) in [6, 6.07) is 10.5. The minimum absolute atomic E-state index is 0. The fourth-order valence-electron chi connectivity index (χ4n) is 3.71. The predicted octanol–water partition coefficient (Wildman–Crippen LogP) is 4.24. The van der Waals surface area contributed by atoms with Crippen LogP contribution in [0.25, 0.3) is 0 Å². The molecule has 2 aromatic rings. The van der Waals surface area contributed by atoms with Crippen LogP contribution < -0.4 is 5.32 Å². The summed E-state index contributed by atoms with van der Waals surface area (Å²) in [6.45, 7) is 7.35. The molecule has 160 valence electrons. The van der Waals surface area contributed by atoms with Crippen LogP contribution in [0.5, 0.6) is 0 Å². The van der Waals surface area contributed by atoms with Gasteiger partial charge >= 0.3 is 0 Å². The smallest absolute Gasteiger partial charge is 0.193 e. The van der Waals surface area contributed by atoms with Crippen molar-refractivity contribution < 1.29 is 0 Å². The maximum Gasteiger partial charge on any atom is 0.193 e. The average molecular weight is 528 g/mol. The molecule has 1 aromatic carbocycles. The Morgan fingerprint density at radius 3 is 2.62 bits per heavy atom. The quantitative estimate of drug-likeness (QED) is 0.333. The van der Waals surface area contributed by atoms with Gasteiger partial charge in [0.15, 0.2) is 5.96 Å². The van der Waals surface area contributed by atoms with Gasteiger partial charge in [-0.1, -0.05) is 37.3 Å². The Hall–Kier alpha value is -1.19. The number of thiazole rings is 1. The fraction of sp³-hybridized carbons (Fsp3) is 0.545. The van der Waals surface area contributed by atoms with E-state index in [0.717, 1.165) is 45.1 Å². The van der Waals surface area contributed by atoms with E-state index < -0.39 is 0 Å². The van der Waals surface area contributed by atoms with Crippen molar-refractivity contribution in [2.45, 2.75) is 39.3 Å². The van der Waals surface area contributed by atoms with Crippen molar-refractivity contribution in [1.29, 1.82) is 0 Å². The van der Waals surface area contributed by atoms with Gasteiger partial charge in [-0.15, -0.1) is 35.3 Å². The van der Waals surface area contributed by atoms with Gasteiger partial charge in [-0.05, 0) is 43.8 Å². The zero-order valence-electron chi connectivity index (χ0n) is 17.8. The normalized spacial score (nSPS) is 15.8. The van der Waals surface area contributed by atoms with Crippen molar-refractivity contribution in [3.05, 3.63) is 52.0 Å². The molecular weight excluding hydrogens is 493 g/mol. The van der Waals surface area contributed by atoms with Gasteiger partial charge in [-0.25, -0.2) is 4.98 Å². The number of nitrogens with one attached hydrogen (secondary N) is 1. The number of aromatic nitrogens is 1. The summed E-state index contributed by atoms with van der Waals surface area (Å²) in [7, 11) is 3.97. The highest BCUT2D eigenvalue weighted by molar-refractivity contribution is 14.0. The third-order valence-electron chi connectivity index (χ3n) is 5.38. The Morgan fingerprint density at radius 1 is 1.28 bits per heavy atom. The lowest BCUT2D eigenvalue weighted by Gasteiger charge is -2.32. The number of rotatable bonds is 7. The van der Waals surface area contributed by atoms with Gasteiger partial charge in [0.2, 0.25) is 0 Å². The number of likely N-dealkylation sites (tertiary alicyclic amines) is 1. The molecule has 0 saturated carbocycles. The van der Waals surface area contributed by atoms with Crippen LogP contribution in [0.2, 0.25) is 0 Å². The van der Waals surface area contributed by atoms with E-state index in [2.05, 4.69) is 69.8 Å². The van der Waals surface area contributed by atoms with E-state index in [1.165, 1.54) is 29.1 Å². The first-order valence-corrected chi connectivity index (χ1v) is 11.2. The first-order valence-electron chi connectivity index (χ1n) is 10.3. The number of hydrogen-bond acceptors (Lipinski definition) is 4. The van der Waals surface area contributed by atoms with Crippen LogP contribution in [0, 0.1) is 5.92 Å². The molecule has 0 atom stereocenters. The number of benzene rings is 1. The SMILES string of the molecule is CCc1nc(CN2CCC(CNC(=NC)N(C)Cc3ccccc3)CC2)cs1.I. The van der Waals surface area contributed by atoms with Crippen molar-refractivity contribution in [3.8, 4) is 0 Å². The van der Waals surface area contributed by atoms with E-state index in [0.29, 0.717) is 5.92 Å². The number of guanidine groups is 1. The minimum atomic E-state index is 0. The van der Waals surface area contributed by atoms with E-state index in [9.17, 15) is 0 Å². The minimum Gasteiger partial charge on any atom is -0.356 e. The molecule has 1 fully saturated rings. The van der Waals surface area contributed by atoms with Crippen LogP contribution in [0.3, 0.4) is 0 Å². The lowest BCUT2D eigenvalue weighted by Crippen LogP contribution is -2.43. The molecule has 1 aliphatic rings. The summed E-state index contributed by atoms with van der Waals surface area (Å²) in [5.41, 5.74) is 2.54. The molecule has 5 nitrogen and oxygen atoms in total. The Balaban J connectivity index is 0.00000300. The maximum atomic E-state index is 4.71. The Morgan fingerprint density at radius 2 is 2.00 bits per heavy atom. The van der Waals surface area contributed by atoms with Crippen LogP contribution in [0.15, 0.2) is 40.7 Å². The molecule has 1 saturated heterocycles. The molecule has 0 spiro atoms. The summed E-state index contributed by atoms with van der Waals surface area (Å²) in [5, 5.41) is 7.05. The number of aliphatic imine (C=N–C) groups is 1. The summed E-state index contributed by atoms with van der Waals surface area (Å²) < 4.78 is 0. The number of piperidine rings is 1. The van der Waals surface area contributed by atoms with Crippen LogP contribution in [0.4, 0.5) is 0 Å². The average Bonchev–Trinajstić information content (AvgIpc) is 3.18. The van der Waals surface area contributed by atoms with Gasteiger partial charge in [-0.3, -0.25) is 9.89 Å². The second-order valence-corrected chi connectivity index (χ2v) is 8.52. The van der Waals surface area contributed by atoms with E-state index in [1.54, 1.807) is 11.3 Å². The first-order chi connectivity index (χ1) is 13.7. The van der Waals surface area contributed by atoms with Crippen LogP contribution >= 0.6 is 35.3 Å². The monoisotopic (exact) mass is 527 g/mol. The largest absolute Gasteiger partial charge is 0.356 e. The number of aryl methyl sites for hydroxylation is 1. The van der Waals surface area contributed by atoms with Crippen LogP contribution in [0.1, 0.15) is 36.0 Å². The number of halogens is 1. The molecule has 1 aliphatic heterocycles. The zero-order chi connectivity index (χ0) is 19.8. The molecular formula is C22H34IN5S. The third kappa shape index (κ3) is 7.53. The molecule has 1 N–H and O–H groups in total. The molecule has 0 bridgehead atoms. The van der Waals surface area contributed by atoms with E-state index >= 15 is 0 Å². The summed E-state index contributed by atoms with van der Waals surface area (Å²) >= 11 is 1.79. The Kier molecular flexibility index (Phi) is 10.4. The van der Waals surface area contributed by atoms with Gasteiger partial charge in [-0.2, -0.15) is 0 Å². The van der Waals surface area contributed by atoms with Gasteiger partial charge in [0, 0.05) is 39.1 Å². The summed E-state index contributed by atoms with van der Waals surface area (Å²) in [6.07, 6.45) is 3.51. The molecule has 0 unspecified atom stereocenters. The highest BCUT2D eigenvalue weighted by atomic mass is 127. The molecule has 7 heteroatoms. The molecule has 3 rings (SSSR count). The van der Waals surface area contributed by atoms with Crippen LogP contribution in [-0.4, -0.2) is 54.5 Å². The molecule has 29 heavy (non-hydrogen) atoms. The summed E-state index contributed by atoms with van der Waals surface area (Å²) in [4.78, 5) is 13.9. The Bertz CT molecular complexity index is 741. The lowest BCUT2D eigenvalue weighted by atomic mass is 9.97.